The average molecular weight is 391 g/mol. The van der Waals surface area contributed by atoms with Gasteiger partial charge in [-0.05, 0) is 30.7 Å². The minimum atomic E-state index is -0.0574. The Morgan fingerprint density at radius 3 is 2.86 bits per heavy atom. The molecule has 1 aromatic carbocycles. The topological polar surface area (TPSA) is 83.5 Å². The predicted molar refractivity (Wildman–Crippen MR) is 108 cm³/mol. The van der Waals surface area contributed by atoms with E-state index in [0.29, 0.717) is 48.0 Å². The molecule has 1 aliphatic rings. The number of rotatable bonds is 4. The van der Waals surface area contributed by atoms with Gasteiger partial charge in [-0.2, -0.15) is 9.50 Å². The molecule has 0 saturated carbocycles. The zero-order valence-corrected chi connectivity index (χ0v) is 16.2. The summed E-state index contributed by atoms with van der Waals surface area (Å²) in [5.74, 6) is 2.39. The third-order valence-electron chi connectivity index (χ3n) is 5.07. The fourth-order valence-electron chi connectivity index (χ4n) is 3.49. The molecule has 0 N–H and O–H groups in total. The van der Waals surface area contributed by atoms with Crippen LogP contribution in [0, 0.1) is 0 Å². The summed E-state index contributed by atoms with van der Waals surface area (Å²) in [6, 6.07) is 7.56. The second kappa shape index (κ2) is 7.20. The van der Waals surface area contributed by atoms with Gasteiger partial charge in [0.05, 0.1) is 24.1 Å². The van der Waals surface area contributed by atoms with Crippen molar-refractivity contribution in [2.75, 3.05) is 13.2 Å². The van der Waals surface area contributed by atoms with E-state index < -0.39 is 0 Å². The molecule has 0 radical (unpaired) electrons. The van der Waals surface area contributed by atoms with Gasteiger partial charge in [0, 0.05) is 30.9 Å². The number of aromatic nitrogens is 5. The molecule has 3 aromatic heterocycles. The maximum Gasteiger partial charge on any atom is 0.261 e. The lowest BCUT2D eigenvalue weighted by atomic mass is 10.2. The van der Waals surface area contributed by atoms with Crippen molar-refractivity contribution in [3.05, 3.63) is 47.0 Å². The van der Waals surface area contributed by atoms with Gasteiger partial charge in [-0.15, -0.1) is 5.10 Å². The predicted octanol–water partition coefficient (Wildman–Crippen LogP) is 3.07. The highest BCUT2D eigenvalue weighted by atomic mass is 16.5. The largest absolute Gasteiger partial charge is 0.490 e. The third-order valence-corrected chi connectivity index (χ3v) is 5.07. The van der Waals surface area contributed by atoms with E-state index in [1.165, 1.54) is 0 Å². The zero-order chi connectivity index (χ0) is 19.8. The summed E-state index contributed by atoms with van der Waals surface area (Å²) in [4.78, 5) is 21.7. The molecular formula is C21H21N5O3. The van der Waals surface area contributed by atoms with Crippen molar-refractivity contribution in [3.63, 3.8) is 0 Å². The number of hydrogen-bond donors (Lipinski definition) is 0. The fraction of sp³-hybridized carbons (Fsp3) is 0.333. The van der Waals surface area contributed by atoms with Crippen LogP contribution in [0.25, 0.3) is 28.1 Å². The number of ether oxygens (including phenoxy) is 2. The number of hydrogen-bond acceptors (Lipinski definition) is 6. The van der Waals surface area contributed by atoms with Crippen molar-refractivity contribution in [3.8, 4) is 22.9 Å². The van der Waals surface area contributed by atoms with Crippen LogP contribution in [0.5, 0.6) is 11.5 Å². The summed E-state index contributed by atoms with van der Waals surface area (Å²) in [7, 11) is 0. The molecule has 0 atom stereocenters. The molecule has 8 heteroatoms. The van der Waals surface area contributed by atoms with Gasteiger partial charge in [0.2, 0.25) is 0 Å². The number of unbranched alkanes of at least 4 members (excludes halogenated alkanes) is 1. The van der Waals surface area contributed by atoms with Crippen LogP contribution in [0.2, 0.25) is 0 Å². The first-order chi connectivity index (χ1) is 14.2. The van der Waals surface area contributed by atoms with E-state index in [9.17, 15) is 4.79 Å². The highest BCUT2D eigenvalue weighted by molar-refractivity contribution is 5.79. The maximum absolute atomic E-state index is 12.8. The van der Waals surface area contributed by atoms with E-state index in [-0.39, 0.29) is 5.56 Å². The van der Waals surface area contributed by atoms with Crippen molar-refractivity contribution in [1.29, 1.82) is 0 Å². The van der Waals surface area contributed by atoms with Gasteiger partial charge in [0.1, 0.15) is 0 Å². The maximum atomic E-state index is 12.8. The second-order valence-corrected chi connectivity index (χ2v) is 7.08. The van der Waals surface area contributed by atoms with Gasteiger partial charge in [0.25, 0.3) is 11.3 Å². The summed E-state index contributed by atoms with van der Waals surface area (Å²) in [5.41, 5.74) is 1.45. The molecule has 0 fully saturated rings. The van der Waals surface area contributed by atoms with Gasteiger partial charge in [0.15, 0.2) is 17.3 Å². The number of benzene rings is 1. The lowest BCUT2D eigenvalue weighted by Crippen LogP contribution is -2.20. The van der Waals surface area contributed by atoms with E-state index in [4.69, 9.17) is 9.47 Å². The Balaban J connectivity index is 1.60. The molecule has 0 amide bonds. The van der Waals surface area contributed by atoms with Crippen LogP contribution >= 0.6 is 0 Å². The normalized spacial score (nSPS) is 13.7. The smallest absolute Gasteiger partial charge is 0.261 e. The summed E-state index contributed by atoms with van der Waals surface area (Å²) in [6.45, 7) is 4.06. The summed E-state index contributed by atoms with van der Waals surface area (Å²) >= 11 is 0. The van der Waals surface area contributed by atoms with Gasteiger partial charge in [-0.1, -0.05) is 13.3 Å². The van der Waals surface area contributed by atoms with Crippen molar-refractivity contribution in [2.45, 2.75) is 32.7 Å². The Hall–Kier alpha value is -3.42. The number of fused-ring (bicyclic) bond motifs is 4. The van der Waals surface area contributed by atoms with Crippen LogP contribution in [0.3, 0.4) is 0 Å². The lowest BCUT2D eigenvalue weighted by molar-refractivity contribution is 0.297. The first-order valence-corrected chi connectivity index (χ1v) is 9.89. The summed E-state index contributed by atoms with van der Waals surface area (Å²) in [6.07, 6.45) is 6.24. The van der Waals surface area contributed by atoms with E-state index in [1.54, 1.807) is 15.3 Å². The van der Waals surface area contributed by atoms with Crippen LogP contribution in [0.1, 0.15) is 26.2 Å². The Morgan fingerprint density at radius 2 is 2.00 bits per heavy atom. The number of aryl methyl sites for hydroxylation is 1. The first kappa shape index (κ1) is 17.7. The molecule has 4 aromatic rings. The van der Waals surface area contributed by atoms with E-state index in [1.807, 2.05) is 30.5 Å². The number of pyridine rings is 1. The molecule has 0 saturated heterocycles. The molecular weight excluding hydrogens is 370 g/mol. The van der Waals surface area contributed by atoms with Gasteiger partial charge < -0.3 is 14.0 Å². The molecule has 0 bridgehead atoms. The van der Waals surface area contributed by atoms with Crippen molar-refractivity contribution >= 4 is 16.7 Å². The summed E-state index contributed by atoms with van der Waals surface area (Å²) in [5, 5.41) is 5.15. The Morgan fingerprint density at radius 1 is 1.14 bits per heavy atom. The van der Waals surface area contributed by atoms with Crippen molar-refractivity contribution in [2.24, 2.45) is 0 Å². The first-order valence-electron chi connectivity index (χ1n) is 9.89. The highest BCUT2D eigenvalue weighted by Crippen LogP contribution is 2.33. The Kier molecular flexibility index (Phi) is 4.38. The van der Waals surface area contributed by atoms with Gasteiger partial charge in [-0.25, -0.2) is 4.98 Å². The Labute approximate surface area is 166 Å². The monoisotopic (exact) mass is 391 g/mol. The molecule has 8 nitrogen and oxygen atoms in total. The molecule has 148 valence electrons. The van der Waals surface area contributed by atoms with Gasteiger partial charge in [-0.3, -0.25) is 4.79 Å². The lowest BCUT2D eigenvalue weighted by Gasteiger charge is -2.07. The van der Waals surface area contributed by atoms with Crippen LogP contribution in [-0.2, 0) is 6.54 Å². The van der Waals surface area contributed by atoms with E-state index in [2.05, 4.69) is 22.0 Å². The van der Waals surface area contributed by atoms with Crippen LogP contribution < -0.4 is 15.0 Å². The SMILES string of the molecule is CCCCn1ccc2c(cnc3nc(-c4ccc5c(c4)OCCCO5)nn32)c1=O. The molecule has 29 heavy (non-hydrogen) atoms. The summed E-state index contributed by atoms with van der Waals surface area (Å²) < 4.78 is 14.8. The minimum Gasteiger partial charge on any atom is -0.490 e. The quantitative estimate of drug-likeness (QED) is 0.532. The van der Waals surface area contributed by atoms with Crippen LogP contribution in [0.4, 0.5) is 0 Å². The van der Waals surface area contributed by atoms with E-state index >= 15 is 0 Å². The minimum absolute atomic E-state index is 0.0574. The van der Waals surface area contributed by atoms with Crippen molar-refractivity contribution in [1.82, 2.24) is 24.1 Å². The zero-order valence-electron chi connectivity index (χ0n) is 16.2. The standard InChI is InChI=1S/C21H21N5O3/c1-2-3-8-25-9-7-16-15(20(25)27)13-22-21-23-19(24-26(16)21)14-5-6-17-18(12-14)29-11-4-10-28-17/h5-7,9,12-13H,2-4,8,10-11H2,1H3. The highest BCUT2D eigenvalue weighted by Gasteiger charge is 2.16. The molecule has 4 heterocycles. The fourth-order valence-corrected chi connectivity index (χ4v) is 3.49. The van der Waals surface area contributed by atoms with Crippen LogP contribution in [-0.4, -0.2) is 37.4 Å². The molecule has 5 rings (SSSR count). The second-order valence-electron chi connectivity index (χ2n) is 7.08. The Bertz CT molecular complexity index is 1260. The molecule has 0 unspecified atom stereocenters. The van der Waals surface area contributed by atoms with Crippen LogP contribution in [0.15, 0.2) is 41.5 Å². The van der Waals surface area contributed by atoms with Gasteiger partial charge >= 0.3 is 0 Å². The third kappa shape index (κ3) is 3.10. The molecule has 1 aliphatic heterocycles. The van der Waals surface area contributed by atoms with Crippen molar-refractivity contribution < 1.29 is 9.47 Å². The molecule has 0 spiro atoms. The molecule has 0 aliphatic carbocycles. The average Bonchev–Trinajstić information content (AvgIpc) is 3.05. The van der Waals surface area contributed by atoms with E-state index in [0.717, 1.165) is 30.6 Å². The number of nitrogens with zero attached hydrogens (tertiary/aromatic N) is 5.